The summed E-state index contributed by atoms with van der Waals surface area (Å²) in [5, 5.41) is 3.55. The van der Waals surface area contributed by atoms with Crippen LogP contribution in [0.25, 0.3) is 6.08 Å². The Kier molecular flexibility index (Phi) is 5.53. The van der Waals surface area contributed by atoms with Gasteiger partial charge in [-0.05, 0) is 69.0 Å². The van der Waals surface area contributed by atoms with Crippen molar-refractivity contribution >= 4 is 39.5 Å². The number of nitrogens with one attached hydrogen (secondary N) is 1. The fourth-order valence-corrected chi connectivity index (χ4v) is 4.75. The Morgan fingerprint density at radius 2 is 2.00 bits per heavy atom. The lowest BCUT2D eigenvalue weighted by atomic mass is 9.89. The van der Waals surface area contributed by atoms with Gasteiger partial charge in [-0.25, -0.2) is 4.79 Å². The summed E-state index contributed by atoms with van der Waals surface area (Å²) in [5.41, 5.74) is 10.7. The average Bonchev–Trinajstić information content (AvgIpc) is 3.26. The van der Waals surface area contributed by atoms with E-state index in [4.69, 9.17) is 10.5 Å². The van der Waals surface area contributed by atoms with Crippen LogP contribution in [-0.4, -0.2) is 29.2 Å². The molecule has 158 valence electrons. The number of ether oxygens (including phenoxy) is 1. The first-order valence-corrected chi connectivity index (χ1v) is 11.1. The molecule has 1 amide bonds. The second-order valence-corrected chi connectivity index (χ2v) is 9.86. The van der Waals surface area contributed by atoms with Gasteiger partial charge in [0.05, 0.1) is 11.4 Å². The lowest BCUT2D eigenvalue weighted by Gasteiger charge is -2.33. The maximum Gasteiger partial charge on any atom is 0.410 e. The molecule has 3 N–H and O–H groups in total. The number of anilines is 2. The minimum atomic E-state index is -0.513. The van der Waals surface area contributed by atoms with Crippen LogP contribution >= 0.6 is 15.9 Å². The maximum atomic E-state index is 12.9. The Morgan fingerprint density at radius 3 is 2.73 bits per heavy atom. The molecule has 2 aliphatic rings. The van der Waals surface area contributed by atoms with Crippen LogP contribution in [0.3, 0.4) is 0 Å². The number of fused-ring (bicyclic) bond motifs is 1. The number of benzene rings is 2. The summed E-state index contributed by atoms with van der Waals surface area (Å²) < 4.78 is 6.65. The van der Waals surface area contributed by atoms with Crippen molar-refractivity contribution in [3.8, 4) is 0 Å². The smallest absolute Gasteiger partial charge is 0.410 e. The highest BCUT2D eigenvalue weighted by Gasteiger charge is 2.41. The summed E-state index contributed by atoms with van der Waals surface area (Å²) in [5.74, 6) is 0.0549. The van der Waals surface area contributed by atoms with E-state index in [9.17, 15) is 4.79 Å². The third-order valence-corrected chi connectivity index (χ3v) is 6.08. The third-order valence-electron chi connectivity index (χ3n) is 5.58. The first-order valence-electron chi connectivity index (χ1n) is 10.3. The van der Waals surface area contributed by atoms with Crippen LogP contribution in [0.2, 0.25) is 0 Å². The number of carbonyl (C=O) groups is 1. The van der Waals surface area contributed by atoms with E-state index in [-0.39, 0.29) is 18.1 Å². The summed E-state index contributed by atoms with van der Waals surface area (Å²) in [6.07, 6.45) is 3.84. The van der Waals surface area contributed by atoms with Crippen molar-refractivity contribution in [2.75, 3.05) is 17.6 Å². The Labute approximate surface area is 186 Å². The second kappa shape index (κ2) is 7.99. The monoisotopic (exact) mass is 469 g/mol. The van der Waals surface area contributed by atoms with Crippen molar-refractivity contribution in [3.05, 3.63) is 63.8 Å². The van der Waals surface area contributed by atoms with Gasteiger partial charge in [-0.1, -0.05) is 40.2 Å². The Hall–Kier alpha value is -2.47. The average molecular weight is 470 g/mol. The molecule has 0 aromatic heterocycles. The molecule has 6 heteroatoms. The normalized spacial score (nSPS) is 20.7. The number of likely N-dealkylation sites (tertiary alicyclic amines) is 1. The quantitative estimate of drug-likeness (QED) is 0.542. The number of carbonyl (C=O) groups excluding carboxylic acids is 1. The van der Waals surface area contributed by atoms with E-state index in [1.807, 2.05) is 49.9 Å². The highest BCUT2D eigenvalue weighted by atomic mass is 79.9. The predicted octanol–water partition coefficient (Wildman–Crippen LogP) is 5.98. The van der Waals surface area contributed by atoms with Crippen molar-refractivity contribution in [2.24, 2.45) is 0 Å². The van der Waals surface area contributed by atoms with E-state index in [1.165, 1.54) is 11.1 Å². The van der Waals surface area contributed by atoms with Gasteiger partial charge in [0.15, 0.2) is 0 Å². The number of hydrogen-bond acceptors (Lipinski definition) is 4. The van der Waals surface area contributed by atoms with Crippen molar-refractivity contribution < 1.29 is 9.53 Å². The van der Waals surface area contributed by atoms with Crippen LogP contribution in [0.4, 0.5) is 16.2 Å². The molecule has 0 spiro atoms. The van der Waals surface area contributed by atoms with Crippen molar-refractivity contribution in [1.29, 1.82) is 0 Å². The van der Waals surface area contributed by atoms with Gasteiger partial charge in [0, 0.05) is 28.7 Å². The summed E-state index contributed by atoms with van der Waals surface area (Å²) >= 11 is 3.47. The zero-order valence-corrected chi connectivity index (χ0v) is 19.2. The van der Waals surface area contributed by atoms with Gasteiger partial charge in [0.2, 0.25) is 0 Å². The van der Waals surface area contributed by atoms with E-state index >= 15 is 0 Å². The lowest BCUT2D eigenvalue weighted by Crippen LogP contribution is -2.43. The van der Waals surface area contributed by atoms with E-state index in [1.54, 1.807) is 0 Å². The molecule has 1 fully saturated rings. The Morgan fingerprint density at radius 1 is 1.23 bits per heavy atom. The summed E-state index contributed by atoms with van der Waals surface area (Å²) in [4.78, 5) is 14.8. The van der Waals surface area contributed by atoms with Crippen molar-refractivity contribution in [3.63, 3.8) is 0 Å². The SMILES string of the molecule is CC(C)(C)OC(=O)N1CCC[C@H]1C1C(Nc2ccc(Br)cc2N)=Cc2ccccc21. The molecule has 1 saturated heterocycles. The fraction of sp³-hybridized carbons (Fsp3) is 0.375. The first-order chi connectivity index (χ1) is 14.2. The van der Waals surface area contributed by atoms with Gasteiger partial charge in [-0.15, -0.1) is 0 Å². The van der Waals surface area contributed by atoms with Gasteiger partial charge >= 0.3 is 6.09 Å². The zero-order valence-electron chi connectivity index (χ0n) is 17.6. The van der Waals surface area contributed by atoms with Crippen molar-refractivity contribution in [1.82, 2.24) is 4.90 Å². The number of halogens is 1. The number of amides is 1. The third kappa shape index (κ3) is 4.19. The minimum absolute atomic E-state index is 0.0407. The van der Waals surface area contributed by atoms with Gasteiger partial charge in [-0.2, -0.15) is 0 Å². The molecular formula is C24H28BrN3O2. The zero-order chi connectivity index (χ0) is 21.5. The van der Waals surface area contributed by atoms with E-state index in [0.29, 0.717) is 12.2 Å². The molecular weight excluding hydrogens is 442 g/mol. The first kappa shape index (κ1) is 20.8. The van der Waals surface area contributed by atoms with Gasteiger partial charge < -0.3 is 20.7 Å². The minimum Gasteiger partial charge on any atom is -0.444 e. The summed E-state index contributed by atoms with van der Waals surface area (Å²) in [7, 11) is 0. The van der Waals surface area contributed by atoms with Crippen LogP contribution in [0.15, 0.2) is 52.6 Å². The number of rotatable bonds is 3. The number of nitrogens with two attached hydrogens (primary N) is 1. The van der Waals surface area contributed by atoms with Crippen LogP contribution < -0.4 is 11.1 Å². The number of hydrogen-bond donors (Lipinski definition) is 2. The van der Waals surface area contributed by atoms with Gasteiger partial charge in [0.25, 0.3) is 0 Å². The van der Waals surface area contributed by atoms with Crippen molar-refractivity contribution in [2.45, 2.75) is 51.2 Å². The predicted molar refractivity (Wildman–Crippen MR) is 125 cm³/mol. The Balaban J connectivity index is 1.66. The van der Waals surface area contributed by atoms with E-state index < -0.39 is 5.60 Å². The summed E-state index contributed by atoms with van der Waals surface area (Å²) in [6.45, 7) is 6.43. The largest absolute Gasteiger partial charge is 0.444 e. The molecule has 0 bridgehead atoms. The molecule has 0 radical (unpaired) electrons. The molecule has 4 rings (SSSR count). The highest BCUT2D eigenvalue weighted by molar-refractivity contribution is 9.10. The fourth-order valence-electron chi connectivity index (χ4n) is 4.37. The standard InChI is InChI=1S/C24H28BrN3O2/c1-24(2,3)30-23(29)28-12-6-9-21(28)22-17-8-5-4-7-15(17)13-20(22)27-19-11-10-16(25)14-18(19)26/h4-5,7-8,10-11,13-14,21-22,27H,6,9,12,26H2,1-3H3/t21-,22?/m0/s1. The molecule has 2 aromatic rings. The molecule has 1 aliphatic carbocycles. The topological polar surface area (TPSA) is 67.6 Å². The van der Waals surface area contributed by atoms with Crippen LogP contribution in [0.1, 0.15) is 50.7 Å². The molecule has 1 aliphatic heterocycles. The maximum absolute atomic E-state index is 12.9. The molecule has 30 heavy (non-hydrogen) atoms. The molecule has 1 heterocycles. The van der Waals surface area contributed by atoms with Crippen LogP contribution in [0, 0.1) is 0 Å². The Bertz CT molecular complexity index is 996. The van der Waals surface area contributed by atoms with Gasteiger partial charge in [0.1, 0.15) is 5.60 Å². The number of nitrogens with zero attached hydrogens (tertiary/aromatic N) is 1. The molecule has 5 nitrogen and oxygen atoms in total. The summed E-state index contributed by atoms with van der Waals surface area (Å²) in [6, 6.07) is 14.3. The van der Waals surface area contributed by atoms with Crippen LogP contribution in [-0.2, 0) is 4.74 Å². The molecule has 1 unspecified atom stereocenters. The van der Waals surface area contributed by atoms with Crippen LogP contribution in [0.5, 0.6) is 0 Å². The highest BCUT2D eigenvalue weighted by Crippen LogP contribution is 2.44. The van der Waals surface area contributed by atoms with E-state index in [2.05, 4.69) is 45.5 Å². The second-order valence-electron chi connectivity index (χ2n) is 8.95. The molecule has 0 saturated carbocycles. The number of nitrogen functional groups attached to an aromatic ring is 1. The molecule has 2 aromatic carbocycles. The lowest BCUT2D eigenvalue weighted by molar-refractivity contribution is 0.0215. The molecule has 2 atom stereocenters. The van der Waals surface area contributed by atoms with E-state index in [0.717, 1.165) is 28.7 Å². The van der Waals surface area contributed by atoms with Gasteiger partial charge in [-0.3, -0.25) is 0 Å².